The molecule has 1 aromatic heterocycles. The van der Waals surface area contributed by atoms with Crippen LogP contribution < -0.4 is 15.4 Å². The van der Waals surface area contributed by atoms with Crippen molar-refractivity contribution in [3.8, 4) is 5.75 Å². The van der Waals surface area contributed by atoms with E-state index in [1.807, 2.05) is 25.3 Å². The smallest absolute Gasteiger partial charge is 0.131 e. The van der Waals surface area contributed by atoms with Crippen LogP contribution in [0.5, 0.6) is 5.75 Å². The molecule has 0 atom stereocenters. The number of nitrogens with two attached hydrogens (primary N) is 1. The number of benzene rings is 1. The summed E-state index contributed by atoms with van der Waals surface area (Å²) in [6.45, 7) is 6.66. The number of anilines is 2. The summed E-state index contributed by atoms with van der Waals surface area (Å²) in [4.78, 5) is 13.3. The van der Waals surface area contributed by atoms with Crippen molar-refractivity contribution in [1.29, 1.82) is 0 Å². The van der Waals surface area contributed by atoms with Crippen LogP contribution in [0, 0.1) is 6.92 Å². The van der Waals surface area contributed by atoms with Gasteiger partial charge in [-0.1, -0.05) is 0 Å². The molecule has 0 radical (unpaired) electrons. The highest BCUT2D eigenvalue weighted by atomic mass is 35.5. The fraction of sp³-hybridized carbons (Fsp3) is 0.412. The van der Waals surface area contributed by atoms with Crippen molar-refractivity contribution in [3.63, 3.8) is 0 Å². The second-order valence-corrected chi connectivity index (χ2v) is 5.79. The number of methoxy groups -OCH3 is 1. The van der Waals surface area contributed by atoms with Crippen molar-refractivity contribution in [1.82, 2.24) is 14.9 Å². The van der Waals surface area contributed by atoms with E-state index in [1.54, 1.807) is 7.11 Å². The van der Waals surface area contributed by atoms with E-state index in [0.29, 0.717) is 5.82 Å². The van der Waals surface area contributed by atoms with Crippen molar-refractivity contribution in [2.45, 2.75) is 13.5 Å². The Balaban J connectivity index is 0.00000208. The molecule has 1 aromatic carbocycles. The third kappa shape index (κ3) is 4.27. The number of aromatic nitrogens is 2. The molecular weight excluding hydrogens is 326 g/mol. The van der Waals surface area contributed by atoms with Crippen LogP contribution in [0.1, 0.15) is 11.4 Å². The molecule has 3 rings (SSSR count). The molecule has 7 heteroatoms. The average Bonchev–Trinajstić information content (AvgIpc) is 2.58. The zero-order chi connectivity index (χ0) is 16.2. The molecule has 0 bridgehead atoms. The Morgan fingerprint density at radius 1 is 1.12 bits per heavy atom. The maximum Gasteiger partial charge on any atom is 0.131 e. The summed E-state index contributed by atoms with van der Waals surface area (Å²) in [7, 11) is 1.69. The first-order valence-corrected chi connectivity index (χ1v) is 7.85. The second kappa shape index (κ2) is 8.17. The van der Waals surface area contributed by atoms with Crippen molar-refractivity contribution >= 4 is 23.9 Å². The molecule has 1 saturated heterocycles. The predicted octanol–water partition coefficient (Wildman–Crippen LogP) is 2.12. The number of ether oxygens (including phenoxy) is 1. The van der Waals surface area contributed by atoms with E-state index in [0.717, 1.165) is 49.9 Å². The van der Waals surface area contributed by atoms with Gasteiger partial charge in [0, 0.05) is 50.2 Å². The summed E-state index contributed by atoms with van der Waals surface area (Å²) < 4.78 is 5.21. The van der Waals surface area contributed by atoms with Crippen molar-refractivity contribution in [2.24, 2.45) is 0 Å². The molecule has 6 nitrogen and oxygen atoms in total. The Bertz CT molecular complexity index is 657. The Morgan fingerprint density at radius 3 is 2.38 bits per heavy atom. The van der Waals surface area contributed by atoms with Gasteiger partial charge in [0.25, 0.3) is 0 Å². The molecule has 1 fully saturated rings. The summed E-state index contributed by atoms with van der Waals surface area (Å²) in [5.74, 6) is 2.20. The molecule has 0 amide bonds. The lowest BCUT2D eigenvalue weighted by Gasteiger charge is -2.36. The van der Waals surface area contributed by atoms with Gasteiger partial charge in [-0.3, -0.25) is 4.90 Å². The first-order valence-electron chi connectivity index (χ1n) is 7.85. The molecule has 24 heavy (non-hydrogen) atoms. The molecule has 2 heterocycles. The standard InChI is InChI=1S/C17H23N5O.ClH/c1-13-19-11-14(17(18)20-13)12-21-7-9-22(10-8-21)15-3-5-16(23-2)6-4-15;/h3-6,11H,7-10,12H2,1-2H3,(H2,18,19,20);1H. The van der Waals surface area contributed by atoms with Crippen LogP contribution in [0.4, 0.5) is 11.5 Å². The number of aryl methyl sites for hydroxylation is 1. The molecule has 1 aliphatic rings. The number of halogens is 1. The highest BCUT2D eigenvalue weighted by Gasteiger charge is 2.18. The molecule has 2 N–H and O–H groups in total. The van der Waals surface area contributed by atoms with E-state index in [-0.39, 0.29) is 12.4 Å². The molecule has 130 valence electrons. The minimum atomic E-state index is 0. The zero-order valence-electron chi connectivity index (χ0n) is 14.1. The lowest BCUT2D eigenvalue weighted by Crippen LogP contribution is -2.46. The minimum Gasteiger partial charge on any atom is -0.497 e. The number of rotatable bonds is 4. The molecule has 0 unspecified atom stereocenters. The molecule has 1 aliphatic heterocycles. The first-order chi connectivity index (χ1) is 11.2. The third-order valence-corrected chi connectivity index (χ3v) is 4.22. The van der Waals surface area contributed by atoms with E-state index >= 15 is 0 Å². The summed E-state index contributed by atoms with van der Waals surface area (Å²) in [6, 6.07) is 8.23. The number of hydrogen-bond donors (Lipinski definition) is 1. The fourth-order valence-electron chi connectivity index (χ4n) is 2.83. The third-order valence-electron chi connectivity index (χ3n) is 4.22. The van der Waals surface area contributed by atoms with Crippen molar-refractivity contribution in [2.75, 3.05) is 43.9 Å². The van der Waals surface area contributed by atoms with Crippen LogP contribution in [0.3, 0.4) is 0 Å². The number of hydrogen-bond acceptors (Lipinski definition) is 6. The lowest BCUT2D eigenvalue weighted by atomic mass is 10.2. The summed E-state index contributed by atoms with van der Waals surface area (Å²) >= 11 is 0. The van der Waals surface area contributed by atoms with Gasteiger partial charge in [-0.15, -0.1) is 12.4 Å². The maximum atomic E-state index is 5.98. The van der Waals surface area contributed by atoms with Gasteiger partial charge in [-0.25, -0.2) is 9.97 Å². The van der Waals surface area contributed by atoms with Gasteiger partial charge in [-0.05, 0) is 31.2 Å². The highest BCUT2D eigenvalue weighted by molar-refractivity contribution is 5.85. The van der Waals surface area contributed by atoms with Gasteiger partial charge in [0.05, 0.1) is 7.11 Å². The molecule has 0 aliphatic carbocycles. The monoisotopic (exact) mass is 349 g/mol. The van der Waals surface area contributed by atoms with Gasteiger partial charge in [0.1, 0.15) is 17.4 Å². The van der Waals surface area contributed by atoms with Gasteiger partial charge in [0.15, 0.2) is 0 Å². The molecule has 2 aromatic rings. The van der Waals surface area contributed by atoms with E-state index in [9.17, 15) is 0 Å². The predicted molar refractivity (Wildman–Crippen MR) is 98.9 cm³/mol. The van der Waals surface area contributed by atoms with Crippen molar-refractivity contribution < 1.29 is 4.74 Å². The topological polar surface area (TPSA) is 67.5 Å². The molecule has 0 spiro atoms. The normalized spacial score (nSPS) is 15.0. The summed E-state index contributed by atoms with van der Waals surface area (Å²) in [5, 5.41) is 0. The second-order valence-electron chi connectivity index (χ2n) is 5.79. The van der Waals surface area contributed by atoms with Crippen LogP contribution in [0.25, 0.3) is 0 Å². The van der Waals surface area contributed by atoms with Crippen LogP contribution in [-0.2, 0) is 6.54 Å². The molecular formula is C17H24ClN5O. The Morgan fingerprint density at radius 2 is 1.79 bits per heavy atom. The largest absolute Gasteiger partial charge is 0.497 e. The zero-order valence-corrected chi connectivity index (χ0v) is 14.9. The Hall–Kier alpha value is -2.05. The van der Waals surface area contributed by atoms with Crippen LogP contribution in [0.15, 0.2) is 30.5 Å². The van der Waals surface area contributed by atoms with E-state index in [1.165, 1.54) is 5.69 Å². The Labute approximate surface area is 149 Å². The maximum absolute atomic E-state index is 5.98. The van der Waals surface area contributed by atoms with Gasteiger partial charge >= 0.3 is 0 Å². The SMILES string of the molecule is COc1ccc(N2CCN(Cc3cnc(C)nc3N)CC2)cc1.Cl. The first kappa shape index (κ1) is 18.3. The number of nitrogens with zero attached hydrogens (tertiary/aromatic N) is 4. The highest BCUT2D eigenvalue weighted by Crippen LogP contribution is 2.21. The molecule has 0 saturated carbocycles. The van der Waals surface area contributed by atoms with Crippen molar-refractivity contribution in [3.05, 3.63) is 41.9 Å². The minimum absolute atomic E-state index is 0. The van der Waals surface area contributed by atoms with E-state index in [2.05, 4.69) is 31.9 Å². The van der Waals surface area contributed by atoms with Crippen LogP contribution >= 0.6 is 12.4 Å². The summed E-state index contributed by atoms with van der Waals surface area (Å²) in [5.41, 5.74) is 8.23. The van der Waals surface area contributed by atoms with Gasteiger partial charge in [-0.2, -0.15) is 0 Å². The average molecular weight is 350 g/mol. The van der Waals surface area contributed by atoms with E-state index < -0.39 is 0 Å². The number of nitrogen functional groups attached to an aromatic ring is 1. The van der Waals surface area contributed by atoms with Crippen LogP contribution in [0.2, 0.25) is 0 Å². The lowest BCUT2D eigenvalue weighted by molar-refractivity contribution is 0.249. The van der Waals surface area contributed by atoms with Gasteiger partial charge in [0.2, 0.25) is 0 Å². The fourth-order valence-corrected chi connectivity index (χ4v) is 2.83. The number of piperazine rings is 1. The van der Waals surface area contributed by atoms with Crippen LogP contribution in [-0.4, -0.2) is 48.2 Å². The quantitative estimate of drug-likeness (QED) is 0.912. The Kier molecular flexibility index (Phi) is 6.23. The summed E-state index contributed by atoms with van der Waals surface area (Å²) in [6.07, 6.45) is 1.84. The van der Waals surface area contributed by atoms with Gasteiger partial charge < -0.3 is 15.4 Å². The van der Waals surface area contributed by atoms with E-state index in [4.69, 9.17) is 10.5 Å².